The molecule has 0 aliphatic rings. The van der Waals surface area contributed by atoms with Crippen LogP contribution >= 0.6 is 0 Å². The van der Waals surface area contributed by atoms with Crippen LogP contribution in [-0.2, 0) is 0 Å². The number of hydrogen-bond acceptors (Lipinski definition) is 0. The number of aryl methyl sites for hydroxylation is 1. The second kappa shape index (κ2) is 4.53. The third-order valence-corrected chi connectivity index (χ3v) is 3.06. The zero-order valence-electron chi connectivity index (χ0n) is 10.4. The van der Waals surface area contributed by atoms with Gasteiger partial charge in [-0.2, -0.15) is 0 Å². The number of benzene rings is 2. The van der Waals surface area contributed by atoms with Crippen LogP contribution in [0.15, 0.2) is 72.9 Å². The first-order chi connectivity index (χ1) is 8.84. The normalized spacial score (nSPS) is 10.5. The molecule has 0 saturated heterocycles. The van der Waals surface area contributed by atoms with Crippen molar-refractivity contribution in [2.75, 3.05) is 0 Å². The highest BCUT2D eigenvalue weighted by Crippen LogP contribution is 2.25. The predicted molar refractivity (Wildman–Crippen MR) is 75.9 cm³/mol. The largest absolute Gasteiger partial charge is 0.316 e. The summed E-state index contributed by atoms with van der Waals surface area (Å²) in [6, 6.07) is 23.2. The Morgan fingerprint density at radius 2 is 1.39 bits per heavy atom. The Bertz CT molecular complexity index is 579. The van der Waals surface area contributed by atoms with Crippen LogP contribution in [0.2, 0.25) is 0 Å². The lowest BCUT2D eigenvalue weighted by Gasteiger charge is -2.09. The lowest BCUT2D eigenvalue weighted by Crippen LogP contribution is -1.94. The molecule has 0 N–H and O–H groups in total. The summed E-state index contributed by atoms with van der Waals surface area (Å²) in [6.07, 6.45) is 2.18. The van der Waals surface area contributed by atoms with Crippen molar-refractivity contribution in [2.24, 2.45) is 0 Å². The van der Waals surface area contributed by atoms with Crippen molar-refractivity contribution in [3.63, 3.8) is 0 Å². The van der Waals surface area contributed by atoms with Gasteiger partial charge in [-0.1, -0.05) is 48.5 Å². The molecule has 0 bridgehead atoms. The van der Waals surface area contributed by atoms with E-state index in [9.17, 15) is 0 Å². The van der Waals surface area contributed by atoms with Gasteiger partial charge in [0.05, 0.1) is 5.69 Å². The minimum atomic E-state index is 1.20. The van der Waals surface area contributed by atoms with Gasteiger partial charge in [-0.15, -0.1) is 0 Å². The number of para-hydroxylation sites is 1. The van der Waals surface area contributed by atoms with Crippen molar-refractivity contribution in [1.29, 1.82) is 0 Å². The van der Waals surface area contributed by atoms with E-state index in [4.69, 9.17) is 0 Å². The summed E-state index contributed by atoms with van der Waals surface area (Å²) >= 11 is 0. The number of rotatable bonds is 2. The molecule has 0 saturated carbocycles. The Balaban J connectivity index is 2.17. The van der Waals surface area contributed by atoms with Crippen LogP contribution in [0, 0.1) is 6.92 Å². The van der Waals surface area contributed by atoms with Crippen LogP contribution in [0.25, 0.3) is 16.9 Å². The Labute approximate surface area is 107 Å². The zero-order chi connectivity index (χ0) is 12.4. The molecule has 0 atom stereocenters. The van der Waals surface area contributed by atoms with E-state index < -0.39 is 0 Å². The van der Waals surface area contributed by atoms with Crippen LogP contribution in [0.4, 0.5) is 0 Å². The molecule has 1 aromatic heterocycles. The Kier molecular flexibility index (Phi) is 2.73. The molecule has 0 radical (unpaired) electrons. The van der Waals surface area contributed by atoms with Crippen LogP contribution in [0.1, 0.15) is 5.56 Å². The summed E-state index contributed by atoms with van der Waals surface area (Å²) in [4.78, 5) is 0. The van der Waals surface area contributed by atoms with Gasteiger partial charge in [0.25, 0.3) is 0 Å². The highest BCUT2D eigenvalue weighted by Gasteiger charge is 2.06. The van der Waals surface area contributed by atoms with E-state index in [2.05, 4.69) is 72.3 Å². The molecule has 1 nitrogen and oxygen atoms in total. The number of nitrogens with zero attached hydrogens (tertiary/aromatic N) is 1. The monoisotopic (exact) mass is 233 g/mol. The molecule has 0 aliphatic carbocycles. The molecule has 0 aliphatic heterocycles. The van der Waals surface area contributed by atoms with Gasteiger partial charge in [0.1, 0.15) is 0 Å². The molecular weight excluding hydrogens is 218 g/mol. The first-order valence-electron chi connectivity index (χ1n) is 6.14. The van der Waals surface area contributed by atoms with Gasteiger partial charge in [0.15, 0.2) is 0 Å². The van der Waals surface area contributed by atoms with Gasteiger partial charge in [0.2, 0.25) is 0 Å². The van der Waals surface area contributed by atoms with Crippen molar-refractivity contribution in [2.45, 2.75) is 6.92 Å². The van der Waals surface area contributed by atoms with E-state index in [-0.39, 0.29) is 0 Å². The third kappa shape index (κ3) is 1.95. The summed E-state index contributed by atoms with van der Waals surface area (Å²) in [6.45, 7) is 2.13. The average molecular weight is 233 g/mol. The quantitative estimate of drug-likeness (QED) is 0.616. The first kappa shape index (κ1) is 10.8. The topological polar surface area (TPSA) is 4.93 Å². The molecule has 0 unspecified atom stereocenters. The predicted octanol–water partition coefficient (Wildman–Crippen LogP) is 4.45. The highest BCUT2D eigenvalue weighted by atomic mass is 15.0. The summed E-state index contributed by atoms with van der Waals surface area (Å²) in [5, 5.41) is 0. The van der Waals surface area contributed by atoms with Gasteiger partial charge in [-0.25, -0.2) is 0 Å². The lowest BCUT2D eigenvalue weighted by atomic mass is 10.1. The van der Waals surface area contributed by atoms with Crippen molar-refractivity contribution >= 4 is 0 Å². The van der Waals surface area contributed by atoms with Gasteiger partial charge >= 0.3 is 0 Å². The van der Waals surface area contributed by atoms with Crippen LogP contribution in [0.5, 0.6) is 0 Å². The van der Waals surface area contributed by atoms with E-state index >= 15 is 0 Å². The first-order valence-corrected chi connectivity index (χ1v) is 6.14. The fraction of sp³-hybridized carbons (Fsp3) is 0.0588. The van der Waals surface area contributed by atoms with Gasteiger partial charge in [-0.05, 0) is 36.2 Å². The lowest BCUT2D eigenvalue weighted by molar-refractivity contribution is 1.08. The fourth-order valence-electron chi connectivity index (χ4n) is 2.23. The maximum absolute atomic E-state index is 2.24. The van der Waals surface area contributed by atoms with Crippen molar-refractivity contribution in [3.8, 4) is 16.9 Å². The van der Waals surface area contributed by atoms with E-state index in [1.165, 1.54) is 22.5 Å². The van der Waals surface area contributed by atoms with Crippen LogP contribution in [0.3, 0.4) is 0 Å². The van der Waals surface area contributed by atoms with E-state index in [0.29, 0.717) is 0 Å². The minimum absolute atomic E-state index is 1.20. The molecule has 3 aromatic rings. The maximum Gasteiger partial charge on any atom is 0.0531 e. The average Bonchev–Trinajstić information content (AvgIpc) is 2.83. The molecule has 0 amide bonds. The van der Waals surface area contributed by atoms with E-state index in [1.807, 2.05) is 12.1 Å². The number of hydrogen-bond donors (Lipinski definition) is 0. The molecule has 0 spiro atoms. The third-order valence-electron chi connectivity index (χ3n) is 3.06. The molecule has 1 heteroatoms. The molecule has 88 valence electrons. The van der Waals surface area contributed by atoms with Crippen LogP contribution in [-0.4, -0.2) is 4.57 Å². The van der Waals surface area contributed by atoms with Gasteiger partial charge < -0.3 is 4.57 Å². The molecular formula is C17H15N. The molecule has 18 heavy (non-hydrogen) atoms. The molecule has 1 heterocycles. The second-order valence-corrected chi connectivity index (χ2v) is 4.47. The van der Waals surface area contributed by atoms with Gasteiger partial charge in [0, 0.05) is 11.9 Å². The smallest absolute Gasteiger partial charge is 0.0531 e. The molecule has 0 fully saturated rings. The van der Waals surface area contributed by atoms with Crippen molar-refractivity contribution in [1.82, 2.24) is 4.57 Å². The van der Waals surface area contributed by atoms with E-state index in [1.54, 1.807) is 0 Å². The number of aromatic nitrogens is 1. The Hall–Kier alpha value is -2.28. The minimum Gasteiger partial charge on any atom is -0.316 e. The summed E-state index contributed by atoms with van der Waals surface area (Å²) < 4.78 is 2.24. The van der Waals surface area contributed by atoms with Crippen LogP contribution < -0.4 is 0 Å². The summed E-state index contributed by atoms with van der Waals surface area (Å²) in [7, 11) is 0. The second-order valence-electron chi connectivity index (χ2n) is 4.47. The maximum atomic E-state index is 2.24. The summed E-state index contributed by atoms with van der Waals surface area (Å²) in [5.74, 6) is 0. The highest BCUT2D eigenvalue weighted by molar-refractivity contribution is 5.64. The zero-order valence-corrected chi connectivity index (χ0v) is 10.4. The summed E-state index contributed by atoms with van der Waals surface area (Å²) in [5.41, 5.74) is 4.95. The van der Waals surface area contributed by atoms with Crippen molar-refractivity contribution in [3.05, 3.63) is 78.5 Å². The van der Waals surface area contributed by atoms with Crippen molar-refractivity contribution < 1.29 is 0 Å². The SMILES string of the molecule is Cc1cc(-c2ccccc2)n(-c2ccccc2)c1. The molecule has 3 rings (SSSR count). The Morgan fingerprint density at radius 3 is 2.06 bits per heavy atom. The van der Waals surface area contributed by atoms with Gasteiger partial charge in [-0.3, -0.25) is 0 Å². The Morgan fingerprint density at radius 1 is 0.778 bits per heavy atom. The van der Waals surface area contributed by atoms with E-state index in [0.717, 1.165) is 0 Å². The standard InChI is InChI=1S/C17H15N/c1-14-12-17(15-8-4-2-5-9-15)18(13-14)16-10-6-3-7-11-16/h2-13H,1H3. The molecule has 2 aromatic carbocycles. The fourth-order valence-corrected chi connectivity index (χ4v) is 2.23.